The Hall–Kier alpha value is -10.7. The number of hydrogen-bond acceptors (Lipinski definition) is 16. The van der Waals surface area contributed by atoms with E-state index in [2.05, 4.69) is 203 Å². The third-order valence-corrected chi connectivity index (χ3v) is 24.0. The molecule has 13 aromatic rings. The van der Waals surface area contributed by atoms with Crippen LogP contribution in [0.1, 0.15) is 137 Å². The van der Waals surface area contributed by atoms with Crippen LogP contribution in [0, 0.1) is 27.7 Å². The monoisotopic (exact) mass is 1550 g/mol. The second-order valence-electron chi connectivity index (χ2n) is 33.9. The summed E-state index contributed by atoms with van der Waals surface area (Å²) in [5.41, 5.74) is 20.2. The van der Waals surface area contributed by atoms with Crippen LogP contribution in [-0.2, 0) is 115 Å². The van der Waals surface area contributed by atoms with Crippen molar-refractivity contribution in [1.29, 1.82) is 0 Å². The van der Waals surface area contributed by atoms with Gasteiger partial charge in [-0.05, 0) is 179 Å². The van der Waals surface area contributed by atoms with Crippen LogP contribution in [0.15, 0.2) is 165 Å². The summed E-state index contributed by atoms with van der Waals surface area (Å²) in [7, 11) is 8.64. The number of carbonyl (C=O) groups excluding carboxylic acids is 3. The molecule has 5 aliphatic heterocycles. The van der Waals surface area contributed by atoms with E-state index in [-0.39, 0.29) is 30.6 Å². The van der Waals surface area contributed by atoms with Gasteiger partial charge in [-0.3, -0.25) is 19.4 Å². The van der Waals surface area contributed by atoms with Gasteiger partial charge in [-0.15, -0.1) is 0 Å². The number of nitrogens with zero attached hydrogens (tertiary/aromatic N) is 14. The van der Waals surface area contributed by atoms with Gasteiger partial charge in [0.15, 0.2) is 0 Å². The number of likely N-dealkylation sites (N-methyl/N-ethyl adjacent to an activating group) is 4. The van der Waals surface area contributed by atoms with E-state index in [9.17, 15) is 34.8 Å². The Morgan fingerprint density at radius 3 is 1.13 bits per heavy atom. The third-order valence-electron chi connectivity index (χ3n) is 24.0. The van der Waals surface area contributed by atoms with Crippen LogP contribution in [0.3, 0.4) is 0 Å². The number of carbonyl (C=O) groups is 3. The molecule has 5 aromatic carbocycles. The summed E-state index contributed by atoms with van der Waals surface area (Å²) >= 11 is 0. The van der Waals surface area contributed by atoms with E-state index < -0.39 is 22.4 Å². The molecule has 1 fully saturated rings. The van der Waals surface area contributed by atoms with Crippen LogP contribution in [0.4, 0.5) is 11.6 Å². The highest BCUT2D eigenvalue weighted by Gasteiger charge is 2.37. The first-order chi connectivity index (χ1) is 54.9. The summed E-state index contributed by atoms with van der Waals surface area (Å²) in [6.45, 7) is 27.0. The fourth-order valence-electron chi connectivity index (χ4n) is 17.7. The van der Waals surface area contributed by atoms with Gasteiger partial charge in [-0.25, -0.2) is 24.8 Å². The zero-order valence-corrected chi connectivity index (χ0v) is 68.6. The maximum Gasteiger partial charge on any atom is 0.235 e. The predicted octanol–water partition coefficient (Wildman–Crippen LogP) is 13.1. The minimum absolute atomic E-state index is 0.164. The first-order valence-electron chi connectivity index (χ1n) is 40.1. The Balaban J connectivity index is 0.000000121. The molecular formula is C93H107N15O7. The van der Waals surface area contributed by atoms with Gasteiger partial charge in [0.25, 0.3) is 0 Å². The molecule has 115 heavy (non-hydrogen) atoms. The van der Waals surface area contributed by atoms with Crippen molar-refractivity contribution in [2.75, 3.05) is 64.6 Å². The van der Waals surface area contributed by atoms with Gasteiger partial charge in [0.2, 0.25) is 17.7 Å². The van der Waals surface area contributed by atoms with E-state index in [0.717, 1.165) is 116 Å². The molecule has 0 aliphatic carbocycles. The van der Waals surface area contributed by atoms with Crippen molar-refractivity contribution in [3.8, 4) is 0 Å². The maximum absolute atomic E-state index is 12.0. The van der Waals surface area contributed by atoms with Gasteiger partial charge in [-0.1, -0.05) is 76.9 Å². The Labute approximate surface area is 672 Å². The SMILES string of the molecule is CC(=O)Nc1ccc(C(C)(O)Cn2c3c(c4cc(C)ccc42)CN(C)CC3)cn1.Cc1ccc2c(c1)c1c(n2CC(C)(O)c2ccc(N3C(=O)CCC3=O)nc2)CCN(C)C1.Cc1ccc2c(c1)c1c(n2CC(C)(O)c2cnc3ccccc3c2)CCN(C)C1.Cc1ccc2c(c1)c1c(n2CC(C)(O)c2cncnc2)CCN(C)C1. The minimum atomic E-state index is -1.17. The average molecular weight is 1550 g/mol. The Morgan fingerprint density at radius 1 is 0.409 bits per heavy atom. The number of imide groups is 1. The molecule has 13 heterocycles. The highest BCUT2D eigenvalue weighted by Crippen LogP contribution is 2.41. The molecule has 22 nitrogen and oxygen atoms in total. The summed E-state index contributed by atoms with van der Waals surface area (Å²) < 4.78 is 9.16. The molecular weight excluding hydrogens is 1440 g/mol. The number of amides is 3. The van der Waals surface area contributed by atoms with Crippen molar-refractivity contribution < 1.29 is 34.8 Å². The quantitative estimate of drug-likeness (QED) is 0.0635. The van der Waals surface area contributed by atoms with Gasteiger partial charge in [0.05, 0.1) is 31.7 Å². The summed E-state index contributed by atoms with van der Waals surface area (Å²) in [5, 5.41) is 54.3. The molecule has 0 bridgehead atoms. The molecule has 4 atom stereocenters. The molecule has 596 valence electrons. The van der Waals surface area contributed by atoms with Gasteiger partial charge in [0.1, 0.15) is 40.4 Å². The van der Waals surface area contributed by atoms with E-state index >= 15 is 0 Å². The first kappa shape index (κ1) is 79.6. The zero-order valence-electron chi connectivity index (χ0n) is 68.6. The Bertz CT molecular complexity index is 5840. The number of fused-ring (bicyclic) bond motifs is 13. The van der Waals surface area contributed by atoms with Crippen LogP contribution in [0.5, 0.6) is 0 Å². The van der Waals surface area contributed by atoms with E-state index in [0.29, 0.717) is 43.4 Å². The highest BCUT2D eigenvalue weighted by atomic mass is 16.3. The number of anilines is 2. The molecule has 22 heteroatoms. The smallest absolute Gasteiger partial charge is 0.235 e. The van der Waals surface area contributed by atoms with Crippen LogP contribution in [0.2, 0.25) is 0 Å². The van der Waals surface area contributed by atoms with Crippen LogP contribution >= 0.6 is 0 Å². The van der Waals surface area contributed by atoms with Gasteiger partial charge in [-0.2, -0.15) is 0 Å². The van der Waals surface area contributed by atoms with Crippen LogP contribution in [0.25, 0.3) is 54.5 Å². The van der Waals surface area contributed by atoms with E-state index in [1.165, 1.54) is 119 Å². The lowest BCUT2D eigenvalue weighted by Gasteiger charge is -2.29. The largest absolute Gasteiger partial charge is 0.384 e. The molecule has 3 amide bonds. The van der Waals surface area contributed by atoms with E-state index in [1.54, 1.807) is 49.9 Å². The number of nitrogens with one attached hydrogen (secondary N) is 1. The van der Waals surface area contributed by atoms with Gasteiger partial charge < -0.3 is 63.6 Å². The van der Waals surface area contributed by atoms with Crippen molar-refractivity contribution >= 4 is 83.9 Å². The molecule has 8 aromatic heterocycles. The first-order valence-corrected chi connectivity index (χ1v) is 40.1. The molecule has 0 radical (unpaired) electrons. The van der Waals surface area contributed by atoms with Gasteiger partial charge in [0, 0.05) is 223 Å². The van der Waals surface area contributed by atoms with Crippen molar-refractivity contribution in [2.45, 2.75) is 176 Å². The normalized spacial score (nSPS) is 17.5. The molecule has 1 saturated heterocycles. The zero-order chi connectivity index (χ0) is 81.2. The predicted molar refractivity (Wildman–Crippen MR) is 453 cm³/mol. The standard InChI is InChI=1S/C25H28N4O3.C25H27N3O.C23H28N4O2.C20H24N4O/c1-16-4-6-20-18(12-16)19-14-27(3)11-10-21(19)28(20)15-25(2,32)17-5-7-22(26-13-17)29-23(30)8-9-24(29)31;1-17-8-9-23-20(12-17)21-15-27(3)11-10-24(21)28(23)16-25(2,29)19-13-18-6-4-5-7-22(18)26-14-19;1-15-5-7-20-18(11-15)19-13-26(4)10-9-21(19)27(20)14-23(3,29)17-6-8-22(24-12-17)25-16(2)28;1-14-4-5-18-16(8-14)17-11-23(3)7-6-19(17)24(18)12-20(2,25)15-9-21-13-22-10-15/h4-7,12-13,32H,8-11,14-15H2,1-3H3;4-9,12-14,29H,10-11,15-16H2,1-3H3;5-8,11-12,29H,9-10,13-14H2,1-4H3,(H,24,25,28);4-5,8-10,13,25H,6-7,11-12H2,1-3H3. The molecule has 5 aliphatic rings. The van der Waals surface area contributed by atoms with Crippen molar-refractivity contribution in [1.82, 2.24) is 62.8 Å². The number of aliphatic hydroxyl groups is 4. The number of pyridine rings is 3. The Morgan fingerprint density at radius 2 is 0.765 bits per heavy atom. The summed E-state index contributed by atoms with van der Waals surface area (Å²) in [6.07, 6.45) is 14.3. The molecule has 4 unspecified atom stereocenters. The van der Waals surface area contributed by atoms with Crippen LogP contribution in [-0.4, -0.2) is 155 Å². The number of rotatable bonds is 14. The molecule has 0 spiro atoms. The lowest BCUT2D eigenvalue weighted by molar-refractivity contribution is -0.121. The molecule has 0 saturated carbocycles. The molecule has 18 rings (SSSR count). The topological polar surface area (TPSA) is 245 Å². The highest BCUT2D eigenvalue weighted by molar-refractivity contribution is 6.19. The third kappa shape index (κ3) is 16.4. The number of hydrogen-bond donors (Lipinski definition) is 5. The average Bonchev–Trinajstić information content (AvgIpc) is 1.62. The number of benzene rings is 5. The lowest BCUT2D eigenvalue weighted by Crippen LogP contribution is -2.32. The maximum atomic E-state index is 12.0. The van der Waals surface area contributed by atoms with Crippen molar-refractivity contribution in [2.24, 2.45) is 0 Å². The van der Waals surface area contributed by atoms with Crippen LogP contribution < -0.4 is 10.2 Å². The number of aromatic nitrogens is 9. The summed E-state index contributed by atoms with van der Waals surface area (Å²) in [6, 6.07) is 43.4. The van der Waals surface area contributed by atoms with Crippen molar-refractivity contribution in [3.63, 3.8) is 0 Å². The second-order valence-corrected chi connectivity index (χ2v) is 33.9. The number of para-hydroxylation sites is 1. The fourth-order valence-corrected chi connectivity index (χ4v) is 17.7. The number of aryl methyl sites for hydroxylation is 4. The summed E-state index contributed by atoms with van der Waals surface area (Å²) in [5.74, 6) is 0.182. The molecule has 5 N–H and O–H groups in total. The second kappa shape index (κ2) is 31.9. The van der Waals surface area contributed by atoms with Gasteiger partial charge >= 0.3 is 0 Å². The lowest BCUT2D eigenvalue weighted by atomic mass is 9.96. The minimum Gasteiger partial charge on any atom is -0.384 e. The van der Waals surface area contributed by atoms with E-state index in [1.807, 2.05) is 57.3 Å². The Kier molecular flexibility index (Phi) is 22.0. The van der Waals surface area contributed by atoms with E-state index in [4.69, 9.17) is 0 Å². The fraction of sp³-hybridized carbons (Fsp3) is 0.376. The summed E-state index contributed by atoms with van der Waals surface area (Å²) in [4.78, 5) is 67.1. The van der Waals surface area contributed by atoms with Crippen molar-refractivity contribution in [3.05, 3.63) is 254 Å².